The van der Waals surface area contributed by atoms with E-state index in [-0.39, 0.29) is 32.9 Å². The second-order valence-corrected chi connectivity index (χ2v) is 12.0. The van der Waals surface area contributed by atoms with Crippen LogP contribution in [-0.4, -0.2) is 26.1 Å². The normalized spacial score (nSPS) is 15.4. The van der Waals surface area contributed by atoms with Crippen molar-refractivity contribution in [2.45, 2.75) is 33.9 Å². The Morgan fingerprint density at radius 2 is 1.74 bits per heavy atom. The number of rotatable bonds is 5. The Bertz CT molecular complexity index is 1550. The van der Waals surface area contributed by atoms with Crippen LogP contribution in [0.2, 0.25) is 0 Å². The molecule has 4 aromatic rings. The number of hydrogen-bond donors (Lipinski definition) is 0. The van der Waals surface area contributed by atoms with E-state index in [1.807, 2.05) is 17.6 Å². The molecule has 0 fully saturated rings. The van der Waals surface area contributed by atoms with Crippen LogP contribution in [0, 0.1) is 0 Å². The fraction of sp³-hybridized carbons (Fsp3) is 0.231. The molecular formula is C26H26ClN3OS2Se. The number of para-hydroxylation sites is 2. The first-order valence-corrected chi connectivity index (χ1v) is 14.6. The molecule has 0 saturated carbocycles. The van der Waals surface area contributed by atoms with Crippen molar-refractivity contribution in [3.05, 3.63) is 83.8 Å². The Morgan fingerprint density at radius 3 is 2.50 bits per heavy atom. The van der Waals surface area contributed by atoms with E-state index >= 15 is 0 Å². The van der Waals surface area contributed by atoms with Crippen LogP contribution < -0.4 is 41.1 Å². The Hall–Kier alpha value is -2.15. The summed E-state index contributed by atoms with van der Waals surface area (Å²) in [6, 6.07) is 17.1. The summed E-state index contributed by atoms with van der Waals surface area (Å²) in [7, 11) is 0. The van der Waals surface area contributed by atoms with E-state index in [1.54, 1.807) is 22.7 Å². The molecule has 0 amide bonds. The van der Waals surface area contributed by atoms with E-state index in [2.05, 4.69) is 84.0 Å². The maximum Gasteiger partial charge on any atom is -1.00 e. The Balaban J connectivity index is 0.00000274. The zero-order valence-corrected chi connectivity index (χ0v) is 23.4. The van der Waals surface area contributed by atoms with Crippen LogP contribution >= 0.6 is 22.7 Å². The predicted octanol–water partition coefficient (Wildman–Crippen LogP) is -0.224. The van der Waals surface area contributed by atoms with Gasteiger partial charge in [-0.25, -0.2) is 0 Å². The molecule has 1 aliphatic heterocycles. The molecule has 2 aromatic carbocycles. The molecule has 0 unspecified atom stereocenters. The molecule has 2 aromatic heterocycles. The van der Waals surface area contributed by atoms with Crippen molar-refractivity contribution in [1.82, 2.24) is 4.57 Å². The van der Waals surface area contributed by atoms with Crippen molar-refractivity contribution in [1.29, 1.82) is 0 Å². The van der Waals surface area contributed by atoms with Gasteiger partial charge in [0.25, 0.3) is 0 Å². The summed E-state index contributed by atoms with van der Waals surface area (Å²) in [6.07, 6.45) is 6.37. The van der Waals surface area contributed by atoms with Crippen molar-refractivity contribution >= 4 is 70.1 Å². The van der Waals surface area contributed by atoms with Gasteiger partial charge in [-0.3, -0.25) is 0 Å². The van der Waals surface area contributed by atoms with E-state index in [0.29, 0.717) is 6.54 Å². The summed E-state index contributed by atoms with van der Waals surface area (Å²) in [5, 5.41) is 1.18. The first-order chi connectivity index (χ1) is 16.1. The average Bonchev–Trinajstić information content (AvgIpc) is 3.47. The van der Waals surface area contributed by atoms with Gasteiger partial charge in [-0.2, -0.15) is 0 Å². The zero-order valence-electron chi connectivity index (χ0n) is 19.3. The molecular weight excluding hydrogens is 549 g/mol. The molecule has 0 aliphatic carbocycles. The first kappa shape index (κ1) is 25.0. The van der Waals surface area contributed by atoms with Gasteiger partial charge in [0.05, 0.1) is 0 Å². The van der Waals surface area contributed by atoms with Gasteiger partial charge in [0.2, 0.25) is 0 Å². The third-order valence-corrected chi connectivity index (χ3v) is 10.3. The summed E-state index contributed by atoms with van der Waals surface area (Å²) >= 11 is 3.63. The smallest absolute Gasteiger partial charge is 1.00 e. The Kier molecular flexibility index (Phi) is 7.80. The topological polar surface area (TPSA) is 29.1 Å². The van der Waals surface area contributed by atoms with Gasteiger partial charge in [0.1, 0.15) is 0 Å². The second-order valence-electron chi connectivity index (χ2n) is 7.64. The maximum absolute atomic E-state index is 13.2. The minimum absolute atomic E-state index is 0. The fourth-order valence-electron chi connectivity index (χ4n) is 4.20. The number of nitrogens with zero attached hydrogens (tertiary/aromatic N) is 3. The van der Waals surface area contributed by atoms with Crippen LogP contribution in [-0.2, 0) is 13.1 Å². The van der Waals surface area contributed by atoms with Crippen molar-refractivity contribution in [3.63, 3.8) is 0 Å². The third-order valence-electron chi connectivity index (χ3n) is 5.78. The summed E-state index contributed by atoms with van der Waals surface area (Å²) in [5.74, 6) is 0. The van der Waals surface area contributed by atoms with Crippen molar-refractivity contribution in [2.24, 2.45) is 0 Å². The number of hydrogen-bond acceptors (Lipinski definition) is 4. The third kappa shape index (κ3) is 4.43. The van der Waals surface area contributed by atoms with Crippen molar-refractivity contribution in [3.8, 4) is 0 Å². The van der Waals surface area contributed by atoms with Gasteiger partial charge in [0.15, 0.2) is 0 Å². The summed E-state index contributed by atoms with van der Waals surface area (Å²) in [4.78, 5) is 15.6. The minimum Gasteiger partial charge on any atom is -1.00 e. The van der Waals surface area contributed by atoms with Crippen LogP contribution in [0.25, 0.3) is 22.4 Å². The molecule has 3 heterocycles. The van der Waals surface area contributed by atoms with Crippen LogP contribution in [0.15, 0.2) is 64.0 Å². The number of thiazole rings is 2. The van der Waals surface area contributed by atoms with Gasteiger partial charge in [-0.05, 0) is 0 Å². The molecule has 5 rings (SSSR count). The Morgan fingerprint density at radius 1 is 0.971 bits per heavy atom. The van der Waals surface area contributed by atoms with Crippen LogP contribution in [0.3, 0.4) is 0 Å². The van der Waals surface area contributed by atoms with Crippen molar-refractivity contribution < 1.29 is 17.0 Å². The van der Waals surface area contributed by atoms with E-state index in [4.69, 9.17) is 0 Å². The molecule has 0 radical (unpaired) electrons. The van der Waals surface area contributed by atoms with Gasteiger partial charge in [0, 0.05) is 0 Å². The minimum atomic E-state index is 0. The van der Waals surface area contributed by atoms with E-state index in [0.717, 1.165) is 22.3 Å². The van der Waals surface area contributed by atoms with Crippen molar-refractivity contribution in [2.75, 3.05) is 11.4 Å². The molecule has 0 saturated heterocycles. The molecule has 4 nitrogen and oxygen atoms in total. The monoisotopic (exact) mass is 575 g/mol. The SMILES string of the molecule is CCN1C(=CC=c2sc(=Cc3sc4ccccc4[n+]3CC)n(CC)c2=O)[Se]c2ccccc21.[Cl-]. The largest absolute Gasteiger partial charge is 1.00 e. The molecule has 1 aliphatic rings. The quantitative estimate of drug-likeness (QED) is 0.244. The number of anilines is 1. The molecule has 0 N–H and O–H groups in total. The number of benzene rings is 2. The average molecular weight is 575 g/mol. The van der Waals surface area contributed by atoms with E-state index in [9.17, 15) is 4.79 Å². The van der Waals surface area contributed by atoms with Crippen LogP contribution in [0.4, 0.5) is 5.69 Å². The van der Waals surface area contributed by atoms with Gasteiger partial charge in [-0.15, -0.1) is 0 Å². The zero-order chi connectivity index (χ0) is 22.9. The summed E-state index contributed by atoms with van der Waals surface area (Å²) in [6.45, 7) is 8.90. The predicted molar refractivity (Wildman–Crippen MR) is 142 cm³/mol. The van der Waals surface area contributed by atoms with Gasteiger partial charge < -0.3 is 12.4 Å². The fourth-order valence-corrected chi connectivity index (χ4v) is 8.86. The number of fused-ring (bicyclic) bond motifs is 2. The molecule has 0 spiro atoms. The van der Waals surface area contributed by atoms with Gasteiger partial charge in [-0.1, -0.05) is 0 Å². The van der Waals surface area contributed by atoms with E-state index in [1.165, 1.54) is 30.0 Å². The van der Waals surface area contributed by atoms with Crippen LogP contribution in [0.1, 0.15) is 25.8 Å². The van der Waals surface area contributed by atoms with Gasteiger partial charge >= 0.3 is 208 Å². The number of halogens is 1. The molecule has 8 heteroatoms. The summed E-state index contributed by atoms with van der Waals surface area (Å²) in [5.41, 5.74) is 2.65. The Labute approximate surface area is 219 Å². The van der Waals surface area contributed by atoms with E-state index < -0.39 is 0 Å². The maximum atomic E-state index is 13.2. The number of aromatic nitrogens is 2. The van der Waals surface area contributed by atoms with Crippen LogP contribution in [0.5, 0.6) is 0 Å². The molecule has 176 valence electrons. The standard InChI is InChI=1S/C26H26N3OS2Se.ClH/c1-4-27-18-11-7-9-13-20(18)31-23(27)17-24-29(6-3)26(30)21(32-24)15-16-25-28(5-2)19-12-8-10-14-22(19)33-25;/h7-17H,4-6H2,1-3H3;1H/q+1;/p-1. The number of aryl methyl sites for hydroxylation is 1. The molecule has 0 atom stereocenters. The second kappa shape index (κ2) is 10.6. The summed E-state index contributed by atoms with van der Waals surface area (Å²) < 4.78 is 10.0. The first-order valence-electron chi connectivity index (χ1n) is 11.2. The molecule has 34 heavy (non-hydrogen) atoms. The number of allylic oxidation sites excluding steroid dienone is 1. The molecule has 0 bridgehead atoms.